The van der Waals surface area contributed by atoms with E-state index >= 15 is 0 Å². The zero-order valence-electron chi connectivity index (χ0n) is 15.0. The van der Waals surface area contributed by atoms with Gasteiger partial charge >= 0.3 is 0 Å². The van der Waals surface area contributed by atoms with Crippen LogP contribution in [0.2, 0.25) is 0 Å². The molecule has 1 aliphatic heterocycles. The van der Waals surface area contributed by atoms with E-state index in [2.05, 4.69) is 19.9 Å². The van der Waals surface area contributed by atoms with Gasteiger partial charge in [-0.3, -0.25) is 9.78 Å². The average Bonchev–Trinajstić information content (AvgIpc) is 3.34. The Labute approximate surface area is 161 Å². The predicted molar refractivity (Wildman–Crippen MR) is 99.7 cm³/mol. The van der Waals surface area contributed by atoms with Crippen molar-refractivity contribution in [2.24, 2.45) is 0 Å². The fourth-order valence-corrected chi connectivity index (χ4v) is 4.06. The van der Waals surface area contributed by atoms with Gasteiger partial charge in [-0.05, 0) is 42.3 Å². The van der Waals surface area contributed by atoms with Crippen molar-refractivity contribution >= 4 is 21.6 Å². The summed E-state index contributed by atoms with van der Waals surface area (Å²) in [7, 11) is -3.77. The largest absolute Gasteiger partial charge is 0.418 e. The first-order valence-corrected chi connectivity index (χ1v) is 10.1. The maximum atomic E-state index is 12.6. The SMILES string of the molecule is CC(=O)N1CCc2cc(S(=O)(=O)NCc3nnc(-c4ccccn4)o3)ccc21. The number of carbonyl (C=O) groups excluding carboxylic acids is 1. The van der Waals surface area contributed by atoms with E-state index in [0.29, 0.717) is 18.7 Å². The van der Waals surface area contributed by atoms with Gasteiger partial charge in [0.1, 0.15) is 5.69 Å². The van der Waals surface area contributed by atoms with Gasteiger partial charge in [0.25, 0.3) is 5.89 Å². The van der Waals surface area contributed by atoms with Crippen LogP contribution in [0.5, 0.6) is 0 Å². The summed E-state index contributed by atoms with van der Waals surface area (Å²) in [6.45, 7) is 1.91. The number of aromatic nitrogens is 3. The number of fused-ring (bicyclic) bond motifs is 1. The quantitative estimate of drug-likeness (QED) is 0.691. The molecule has 2 aromatic heterocycles. The average molecular weight is 399 g/mol. The molecule has 0 saturated carbocycles. The van der Waals surface area contributed by atoms with Crippen LogP contribution in [-0.4, -0.2) is 36.1 Å². The number of carbonyl (C=O) groups is 1. The highest BCUT2D eigenvalue weighted by atomic mass is 32.2. The zero-order chi connectivity index (χ0) is 19.7. The monoisotopic (exact) mass is 399 g/mol. The molecule has 9 nitrogen and oxygen atoms in total. The maximum absolute atomic E-state index is 12.6. The Morgan fingerprint density at radius 1 is 1.25 bits per heavy atom. The van der Waals surface area contributed by atoms with E-state index in [4.69, 9.17) is 4.42 Å². The van der Waals surface area contributed by atoms with Crippen molar-refractivity contribution in [1.29, 1.82) is 0 Å². The topological polar surface area (TPSA) is 118 Å². The molecule has 4 rings (SSSR count). The van der Waals surface area contributed by atoms with E-state index in [-0.39, 0.29) is 29.1 Å². The van der Waals surface area contributed by atoms with Crippen molar-refractivity contribution < 1.29 is 17.6 Å². The van der Waals surface area contributed by atoms with Crippen molar-refractivity contribution in [2.75, 3.05) is 11.4 Å². The third-order valence-electron chi connectivity index (χ3n) is 4.40. The predicted octanol–water partition coefficient (Wildman–Crippen LogP) is 1.52. The lowest BCUT2D eigenvalue weighted by molar-refractivity contribution is -0.116. The molecule has 0 fully saturated rings. The van der Waals surface area contributed by atoms with Gasteiger partial charge in [0.15, 0.2) is 0 Å². The van der Waals surface area contributed by atoms with E-state index in [1.807, 2.05) is 0 Å². The molecule has 0 bridgehead atoms. The molecular weight excluding hydrogens is 382 g/mol. The second-order valence-electron chi connectivity index (χ2n) is 6.25. The smallest absolute Gasteiger partial charge is 0.266 e. The molecular formula is C18H17N5O4S. The number of sulfonamides is 1. The maximum Gasteiger partial charge on any atom is 0.266 e. The third-order valence-corrected chi connectivity index (χ3v) is 5.80. The highest BCUT2D eigenvalue weighted by Gasteiger charge is 2.25. The third kappa shape index (κ3) is 3.51. The van der Waals surface area contributed by atoms with Gasteiger partial charge in [-0.2, -0.15) is 0 Å². The van der Waals surface area contributed by atoms with Crippen molar-refractivity contribution in [3.05, 3.63) is 54.0 Å². The number of pyridine rings is 1. The van der Waals surface area contributed by atoms with Crippen LogP contribution in [0.15, 0.2) is 51.9 Å². The van der Waals surface area contributed by atoms with E-state index < -0.39 is 10.0 Å². The summed E-state index contributed by atoms with van der Waals surface area (Å²) in [5, 5.41) is 7.73. The molecule has 3 aromatic rings. The van der Waals surface area contributed by atoms with Gasteiger partial charge < -0.3 is 9.32 Å². The molecule has 0 spiro atoms. The van der Waals surface area contributed by atoms with Crippen LogP contribution in [-0.2, 0) is 27.8 Å². The fourth-order valence-electron chi connectivity index (χ4n) is 3.03. The Balaban J connectivity index is 1.48. The summed E-state index contributed by atoms with van der Waals surface area (Å²) < 4.78 is 33.1. The summed E-state index contributed by atoms with van der Waals surface area (Å²) in [4.78, 5) is 17.5. The summed E-state index contributed by atoms with van der Waals surface area (Å²) in [6.07, 6.45) is 2.22. The molecule has 0 unspecified atom stereocenters. The van der Waals surface area contributed by atoms with Crippen LogP contribution >= 0.6 is 0 Å². The lowest BCUT2D eigenvalue weighted by Crippen LogP contribution is -2.26. The van der Waals surface area contributed by atoms with Crippen molar-refractivity contribution in [3.63, 3.8) is 0 Å². The Kier molecular flexibility index (Phi) is 4.65. The highest BCUT2D eigenvalue weighted by molar-refractivity contribution is 7.89. The van der Waals surface area contributed by atoms with Gasteiger partial charge in [0, 0.05) is 25.4 Å². The minimum atomic E-state index is -3.77. The van der Waals surface area contributed by atoms with Gasteiger partial charge in [0.05, 0.1) is 11.4 Å². The van der Waals surface area contributed by atoms with Crippen molar-refractivity contribution in [2.45, 2.75) is 24.8 Å². The molecule has 1 N–H and O–H groups in total. The zero-order valence-corrected chi connectivity index (χ0v) is 15.8. The highest BCUT2D eigenvalue weighted by Crippen LogP contribution is 2.30. The second kappa shape index (κ2) is 7.13. The molecule has 0 radical (unpaired) electrons. The molecule has 0 saturated heterocycles. The van der Waals surface area contributed by atoms with E-state index in [0.717, 1.165) is 11.3 Å². The molecule has 3 heterocycles. The van der Waals surface area contributed by atoms with Gasteiger partial charge in [0.2, 0.25) is 21.8 Å². The van der Waals surface area contributed by atoms with E-state index in [9.17, 15) is 13.2 Å². The summed E-state index contributed by atoms with van der Waals surface area (Å²) in [5.74, 6) is 0.289. The number of rotatable bonds is 5. The molecule has 1 aromatic carbocycles. The van der Waals surface area contributed by atoms with Crippen LogP contribution in [0.25, 0.3) is 11.6 Å². The molecule has 0 aliphatic carbocycles. The number of amides is 1. The van der Waals surface area contributed by atoms with Crippen LogP contribution < -0.4 is 9.62 Å². The number of anilines is 1. The summed E-state index contributed by atoms with van der Waals surface area (Å²) in [5.41, 5.74) is 2.09. The first kappa shape index (κ1) is 18.3. The number of hydrogen-bond donors (Lipinski definition) is 1. The number of nitrogens with one attached hydrogen (secondary N) is 1. The molecule has 1 amide bonds. The summed E-state index contributed by atoms with van der Waals surface area (Å²) >= 11 is 0. The first-order chi connectivity index (χ1) is 13.4. The Bertz CT molecular complexity index is 1130. The minimum Gasteiger partial charge on any atom is -0.418 e. The van der Waals surface area contributed by atoms with Crippen molar-refractivity contribution in [3.8, 4) is 11.6 Å². The van der Waals surface area contributed by atoms with Crippen LogP contribution in [0, 0.1) is 0 Å². The molecule has 10 heteroatoms. The molecule has 28 heavy (non-hydrogen) atoms. The molecule has 1 aliphatic rings. The Morgan fingerprint density at radius 3 is 2.86 bits per heavy atom. The molecule has 144 valence electrons. The Morgan fingerprint density at radius 2 is 2.11 bits per heavy atom. The lowest BCUT2D eigenvalue weighted by Gasteiger charge is -2.15. The van der Waals surface area contributed by atoms with Gasteiger partial charge in [-0.1, -0.05) is 6.07 Å². The fraction of sp³-hybridized carbons (Fsp3) is 0.222. The first-order valence-electron chi connectivity index (χ1n) is 8.58. The van der Waals surface area contributed by atoms with Gasteiger partial charge in [-0.25, -0.2) is 13.1 Å². The second-order valence-corrected chi connectivity index (χ2v) is 8.02. The van der Waals surface area contributed by atoms with E-state index in [1.165, 1.54) is 13.0 Å². The van der Waals surface area contributed by atoms with Crippen LogP contribution in [0.3, 0.4) is 0 Å². The van der Waals surface area contributed by atoms with Gasteiger partial charge in [-0.15, -0.1) is 10.2 Å². The Hall–Kier alpha value is -3.11. The lowest BCUT2D eigenvalue weighted by atomic mass is 10.2. The standard InChI is InChI=1S/C18H17N5O4S/c1-12(24)23-9-7-13-10-14(5-6-16(13)23)28(25,26)20-11-17-21-22-18(27-17)15-4-2-3-8-19-15/h2-6,8,10,20H,7,9,11H2,1H3. The van der Waals surface area contributed by atoms with E-state index in [1.54, 1.807) is 41.4 Å². The van der Waals surface area contributed by atoms with Crippen LogP contribution in [0.4, 0.5) is 5.69 Å². The molecule has 0 atom stereocenters. The van der Waals surface area contributed by atoms with Crippen LogP contribution in [0.1, 0.15) is 18.4 Å². The van der Waals surface area contributed by atoms with Crippen molar-refractivity contribution in [1.82, 2.24) is 19.9 Å². The number of hydrogen-bond acceptors (Lipinski definition) is 7. The normalized spacial score (nSPS) is 13.5. The number of benzene rings is 1. The summed E-state index contributed by atoms with van der Waals surface area (Å²) in [6, 6.07) is 10.0. The number of nitrogens with zero attached hydrogens (tertiary/aromatic N) is 4. The minimum absolute atomic E-state index is 0.0624.